The van der Waals surface area contributed by atoms with Gasteiger partial charge in [-0.25, -0.2) is 4.79 Å². The summed E-state index contributed by atoms with van der Waals surface area (Å²) in [5, 5.41) is 2.83. The molecule has 0 saturated heterocycles. The van der Waals surface area contributed by atoms with Gasteiger partial charge in [0.2, 0.25) is 0 Å². The maximum atomic E-state index is 12.3. The van der Waals surface area contributed by atoms with Crippen molar-refractivity contribution in [2.24, 2.45) is 0 Å². The highest BCUT2D eigenvalue weighted by Gasteiger charge is 2.14. The number of aryl methyl sites for hydroxylation is 2. The van der Waals surface area contributed by atoms with E-state index in [9.17, 15) is 9.59 Å². The van der Waals surface area contributed by atoms with Crippen molar-refractivity contribution in [1.29, 1.82) is 0 Å². The largest absolute Gasteiger partial charge is 0.452 e. The summed E-state index contributed by atoms with van der Waals surface area (Å²) in [5.74, 6) is -0.875. The van der Waals surface area contributed by atoms with Crippen LogP contribution < -0.4 is 5.32 Å². The Kier molecular flexibility index (Phi) is 5.67. The van der Waals surface area contributed by atoms with Crippen LogP contribution in [0.5, 0.6) is 0 Å². The number of para-hydroxylation sites is 1. The number of anilines is 1. The van der Waals surface area contributed by atoms with Gasteiger partial charge in [0.05, 0.1) is 5.56 Å². The van der Waals surface area contributed by atoms with E-state index in [1.165, 1.54) is 0 Å². The molecular formula is C23H21NO3. The van der Waals surface area contributed by atoms with Gasteiger partial charge in [-0.1, -0.05) is 66.2 Å². The van der Waals surface area contributed by atoms with Crippen molar-refractivity contribution in [3.63, 3.8) is 0 Å². The van der Waals surface area contributed by atoms with Gasteiger partial charge in [-0.2, -0.15) is 0 Å². The summed E-state index contributed by atoms with van der Waals surface area (Å²) in [5.41, 5.74) is 4.85. The first-order valence-electron chi connectivity index (χ1n) is 8.73. The Morgan fingerprint density at radius 2 is 1.59 bits per heavy atom. The summed E-state index contributed by atoms with van der Waals surface area (Å²) >= 11 is 0. The second kappa shape index (κ2) is 8.32. The summed E-state index contributed by atoms with van der Waals surface area (Å²) in [6.45, 7) is 3.41. The Hall–Kier alpha value is -3.40. The number of hydrogen-bond donors (Lipinski definition) is 1. The van der Waals surface area contributed by atoms with Crippen LogP contribution in [-0.2, 0) is 9.53 Å². The van der Waals surface area contributed by atoms with Crippen LogP contribution in [0.2, 0.25) is 0 Å². The monoisotopic (exact) mass is 359 g/mol. The molecule has 136 valence electrons. The van der Waals surface area contributed by atoms with Crippen LogP contribution in [0.15, 0.2) is 72.8 Å². The SMILES string of the molecule is Cc1ccc(C)c(C(=O)OCC(=O)Nc2ccccc2-c2ccccc2)c1. The Bertz CT molecular complexity index is 964. The van der Waals surface area contributed by atoms with Gasteiger partial charge in [-0.05, 0) is 37.1 Å². The lowest BCUT2D eigenvalue weighted by Crippen LogP contribution is -2.21. The van der Waals surface area contributed by atoms with Crippen LogP contribution in [0.4, 0.5) is 5.69 Å². The highest BCUT2D eigenvalue weighted by Crippen LogP contribution is 2.27. The zero-order valence-corrected chi connectivity index (χ0v) is 15.4. The molecule has 0 aliphatic carbocycles. The Labute approximate surface area is 158 Å². The average Bonchev–Trinajstić information content (AvgIpc) is 2.69. The fourth-order valence-corrected chi connectivity index (χ4v) is 2.81. The molecule has 0 fully saturated rings. The van der Waals surface area contributed by atoms with E-state index in [1.54, 1.807) is 6.07 Å². The Balaban J connectivity index is 1.67. The summed E-state index contributed by atoms with van der Waals surface area (Å²) in [6.07, 6.45) is 0. The molecule has 1 amide bonds. The molecule has 0 aliphatic rings. The predicted octanol–water partition coefficient (Wildman–Crippen LogP) is 4.77. The minimum Gasteiger partial charge on any atom is -0.452 e. The third-order valence-electron chi connectivity index (χ3n) is 4.23. The molecule has 1 N–H and O–H groups in total. The van der Waals surface area contributed by atoms with E-state index in [1.807, 2.05) is 80.6 Å². The standard InChI is InChI=1S/C23H21NO3/c1-16-12-13-17(2)20(14-16)23(26)27-15-22(25)24-21-11-7-6-10-19(21)18-8-4-3-5-9-18/h3-14H,15H2,1-2H3,(H,24,25). The molecule has 0 radical (unpaired) electrons. The van der Waals surface area contributed by atoms with Gasteiger partial charge in [-0.3, -0.25) is 4.79 Å². The van der Waals surface area contributed by atoms with Gasteiger partial charge < -0.3 is 10.1 Å². The third kappa shape index (κ3) is 4.61. The van der Waals surface area contributed by atoms with E-state index < -0.39 is 5.97 Å². The van der Waals surface area contributed by atoms with E-state index in [4.69, 9.17) is 4.74 Å². The second-order valence-electron chi connectivity index (χ2n) is 6.35. The maximum absolute atomic E-state index is 12.3. The molecule has 3 aromatic carbocycles. The highest BCUT2D eigenvalue weighted by atomic mass is 16.5. The normalized spacial score (nSPS) is 10.3. The number of carbonyl (C=O) groups is 2. The molecule has 0 aromatic heterocycles. The van der Waals surface area contributed by atoms with Crippen molar-refractivity contribution in [3.05, 3.63) is 89.5 Å². The highest BCUT2D eigenvalue weighted by molar-refractivity contribution is 5.98. The molecule has 27 heavy (non-hydrogen) atoms. The van der Waals surface area contributed by atoms with Crippen molar-refractivity contribution in [2.45, 2.75) is 13.8 Å². The van der Waals surface area contributed by atoms with Crippen molar-refractivity contribution in [1.82, 2.24) is 0 Å². The molecular weight excluding hydrogens is 338 g/mol. The Morgan fingerprint density at radius 3 is 2.37 bits per heavy atom. The van der Waals surface area contributed by atoms with E-state index in [0.717, 1.165) is 22.3 Å². The van der Waals surface area contributed by atoms with Crippen LogP contribution in [0, 0.1) is 13.8 Å². The third-order valence-corrected chi connectivity index (χ3v) is 4.23. The van der Waals surface area contributed by atoms with Crippen molar-refractivity contribution in [3.8, 4) is 11.1 Å². The van der Waals surface area contributed by atoms with Crippen LogP contribution in [0.1, 0.15) is 21.5 Å². The lowest BCUT2D eigenvalue weighted by molar-refractivity contribution is -0.119. The number of carbonyl (C=O) groups excluding carboxylic acids is 2. The molecule has 3 aromatic rings. The molecule has 0 unspecified atom stereocenters. The molecule has 4 heteroatoms. The molecule has 0 heterocycles. The average molecular weight is 359 g/mol. The number of benzene rings is 3. The minimum absolute atomic E-state index is 0.338. The van der Waals surface area contributed by atoms with E-state index in [0.29, 0.717) is 11.3 Å². The topological polar surface area (TPSA) is 55.4 Å². The molecule has 0 atom stereocenters. The first kappa shape index (κ1) is 18.4. The molecule has 3 rings (SSSR count). The van der Waals surface area contributed by atoms with Crippen LogP contribution in [0.25, 0.3) is 11.1 Å². The van der Waals surface area contributed by atoms with E-state index in [-0.39, 0.29) is 12.5 Å². The fraction of sp³-hybridized carbons (Fsp3) is 0.130. The number of hydrogen-bond acceptors (Lipinski definition) is 3. The lowest BCUT2D eigenvalue weighted by Gasteiger charge is -2.12. The number of ether oxygens (including phenoxy) is 1. The summed E-state index contributed by atoms with van der Waals surface area (Å²) in [4.78, 5) is 24.6. The van der Waals surface area contributed by atoms with Crippen LogP contribution in [0.3, 0.4) is 0 Å². The number of esters is 1. The van der Waals surface area contributed by atoms with Gasteiger partial charge in [0.25, 0.3) is 5.91 Å². The van der Waals surface area contributed by atoms with Gasteiger partial charge >= 0.3 is 5.97 Å². The summed E-state index contributed by atoms with van der Waals surface area (Å²) in [7, 11) is 0. The van der Waals surface area contributed by atoms with Gasteiger partial charge in [0.15, 0.2) is 6.61 Å². The fourth-order valence-electron chi connectivity index (χ4n) is 2.81. The number of amides is 1. The van der Waals surface area contributed by atoms with Crippen molar-refractivity contribution in [2.75, 3.05) is 11.9 Å². The zero-order chi connectivity index (χ0) is 19.2. The molecule has 0 saturated carbocycles. The second-order valence-corrected chi connectivity index (χ2v) is 6.35. The molecule has 0 spiro atoms. The molecule has 4 nitrogen and oxygen atoms in total. The number of rotatable bonds is 5. The van der Waals surface area contributed by atoms with Crippen LogP contribution in [-0.4, -0.2) is 18.5 Å². The van der Waals surface area contributed by atoms with Gasteiger partial charge in [0, 0.05) is 11.3 Å². The predicted molar refractivity (Wildman–Crippen MR) is 107 cm³/mol. The summed E-state index contributed by atoms with van der Waals surface area (Å²) in [6, 6.07) is 22.9. The maximum Gasteiger partial charge on any atom is 0.338 e. The van der Waals surface area contributed by atoms with E-state index >= 15 is 0 Å². The van der Waals surface area contributed by atoms with Gasteiger partial charge in [-0.15, -0.1) is 0 Å². The van der Waals surface area contributed by atoms with Crippen LogP contribution >= 0.6 is 0 Å². The quantitative estimate of drug-likeness (QED) is 0.668. The Morgan fingerprint density at radius 1 is 0.889 bits per heavy atom. The molecule has 0 bridgehead atoms. The van der Waals surface area contributed by atoms with E-state index in [2.05, 4.69) is 5.32 Å². The number of nitrogens with one attached hydrogen (secondary N) is 1. The van der Waals surface area contributed by atoms with Crippen molar-refractivity contribution >= 4 is 17.6 Å². The van der Waals surface area contributed by atoms with Crippen molar-refractivity contribution < 1.29 is 14.3 Å². The first-order chi connectivity index (χ1) is 13.0. The lowest BCUT2D eigenvalue weighted by atomic mass is 10.0. The zero-order valence-electron chi connectivity index (χ0n) is 15.4. The smallest absolute Gasteiger partial charge is 0.338 e. The molecule has 0 aliphatic heterocycles. The van der Waals surface area contributed by atoms with Gasteiger partial charge in [0.1, 0.15) is 0 Å². The minimum atomic E-state index is -0.498. The first-order valence-corrected chi connectivity index (χ1v) is 8.73. The summed E-state index contributed by atoms with van der Waals surface area (Å²) < 4.78 is 5.19.